The van der Waals surface area contributed by atoms with Gasteiger partial charge in [-0.05, 0) is 42.5 Å². The highest BCUT2D eigenvalue weighted by molar-refractivity contribution is 9.10. The van der Waals surface area contributed by atoms with Crippen molar-refractivity contribution in [3.8, 4) is 5.69 Å². The predicted octanol–water partition coefficient (Wildman–Crippen LogP) is 4.73. The molecule has 0 unspecified atom stereocenters. The molecule has 96 valence electrons. The lowest BCUT2D eigenvalue weighted by Gasteiger charge is -2.06. The lowest BCUT2D eigenvalue weighted by molar-refractivity contribution is 0.618. The number of hydrogen-bond donors (Lipinski definition) is 1. The Morgan fingerprint density at radius 3 is 2.68 bits per heavy atom. The molecule has 0 amide bonds. The summed E-state index contributed by atoms with van der Waals surface area (Å²) >= 11 is 8.44. The second kappa shape index (κ2) is 4.54. The van der Waals surface area contributed by atoms with E-state index in [1.54, 1.807) is 24.3 Å². The highest BCUT2D eigenvalue weighted by atomic mass is 79.9. The van der Waals surface area contributed by atoms with Gasteiger partial charge in [0.2, 0.25) is 0 Å². The van der Waals surface area contributed by atoms with Gasteiger partial charge in [-0.15, -0.1) is 0 Å². The maximum atomic E-state index is 13.9. The molecule has 1 aromatic heterocycles. The van der Waals surface area contributed by atoms with E-state index in [9.17, 15) is 8.78 Å². The zero-order chi connectivity index (χ0) is 13.6. The third-order valence-electron chi connectivity index (χ3n) is 2.82. The molecule has 0 saturated heterocycles. The van der Waals surface area contributed by atoms with E-state index in [1.807, 2.05) is 0 Å². The Kier molecular flexibility index (Phi) is 2.99. The van der Waals surface area contributed by atoms with Gasteiger partial charge in [-0.3, -0.25) is 4.57 Å². The van der Waals surface area contributed by atoms with Crippen LogP contribution in [0.15, 0.2) is 40.9 Å². The van der Waals surface area contributed by atoms with Crippen molar-refractivity contribution in [2.75, 3.05) is 0 Å². The number of halogens is 3. The van der Waals surface area contributed by atoms with Gasteiger partial charge in [-0.25, -0.2) is 8.78 Å². The smallest absolute Gasteiger partial charge is 0.182 e. The Morgan fingerprint density at radius 2 is 1.89 bits per heavy atom. The zero-order valence-electron chi connectivity index (χ0n) is 9.45. The van der Waals surface area contributed by atoms with Crippen molar-refractivity contribution in [2.24, 2.45) is 0 Å². The molecule has 19 heavy (non-hydrogen) atoms. The number of H-pyrrole nitrogens is 1. The lowest BCUT2D eigenvalue weighted by Crippen LogP contribution is -1.97. The summed E-state index contributed by atoms with van der Waals surface area (Å²) in [6.45, 7) is 0. The minimum atomic E-state index is -0.426. The Bertz CT molecular complexity index is 838. The SMILES string of the molecule is Fc1ccc(Br)cc1-n1c(=S)[nH]c2c(F)cccc21. The van der Waals surface area contributed by atoms with Crippen LogP contribution in [-0.4, -0.2) is 9.55 Å². The van der Waals surface area contributed by atoms with Crippen molar-refractivity contribution in [2.45, 2.75) is 0 Å². The molecule has 0 aliphatic heterocycles. The number of fused-ring (bicyclic) bond motifs is 1. The fourth-order valence-corrected chi connectivity index (χ4v) is 2.64. The van der Waals surface area contributed by atoms with Gasteiger partial charge in [-0.2, -0.15) is 0 Å². The summed E-state index contributed by atoms with van der Waals surface area (Å²) in [5, 5.41) is 0. The van der Waals surface area contributed by atoms with E-state index in [-0.39, 0.29) is 16.0 Å². The predicted molar refractivity (Wildman–Crippen MR) is 76.1 cm³/mol. The minimum Gasteiger partial charge on any atom is -0.328 e. The molecule has 0 spiro atoms. The van der Waals surface area contributed by atoms with Gasteiger partial charge in [0.25, 0.3) is 0 Å². The Labute approximate surface area is 120 Å². The molecular formula is C13H7BrF2N2S. The van der Waals surface area contributed by atoms with Crippen molar-refractivity contribution in [3.63, 3.8) is 0 Å². The number of nitrogens with zero attached hydrogens (tertiary/aromatic N) is 1. The Balaban J connectivity index is 2.43. The van der Waals surface area contributed by atoms with Crippen LogP contribution in [0.25, 0.3) is 16.7 Å². The summed E-state index contributed by atoms with van der Waals surface area (Å²) < 4.78 is 30.1. The van der Waals surface area contributed by atoms with E-state index in [1.165, 1.54) is 16.7 Å². The quantitative estimate of drug-likeness (QED) is 0.635. The highest BCUT2D eigenvalue weighted by Gasteiger charge is 2.13. The van der Waals surface area contributed by atoms with Gasteiger partial charge in [-0.1, -0.05) is 22.0 Å². The molecular weight excluding hydrogens is 334 g/mol. The summed E-state index contributed by atoms with van der Waals surface area (Å²) in [4.78, 5) is 2.76. The highest BCUT2D eigenvalue weighted by Crippen LogP contribution is 2.25. The maximum absolute atomic E-state index is 13.9. The fourth-order valence-electron chi connectivity index (χ4n) is 1.99. The molecule has 3 rings (SSSR count). The van der Waals surface area contributed by atoms with Crippen molar-refractivity contribution in [1.29, 1.82) is 0 Å². The molecule has 2 nitrogen and oxygen atoms in total. The van der Waals surface area contributed by atoms with Crippen LogP contribution in [0.1, 0.15) is 0 Å². The molecule has 0 saturated carbocycles. The third kappa shape index (κ3) is 2.01. The fraction of sp³-hybridized carbons (Fsp3) is 0. The van der Waals surface area contributed by atoms with Gasteiger partial charge in [0.15, 0.2) is 4.77 Å². The first-order valence-corrected chi connectivity index (χ1v) is 6.63. The van der Waals surface area contributed by atoms with Crippen LogP contribution >= 0.6 is 28.1 Å². The summed E-state index contributed by atoms with van der Waals surface area (Å²) in [5.74, 6) is -0.845. The molecule has 2 aromatic carbocycles. The minimum absolute atomic E-state index is 0.247. The monoisotopic (exact) mass is 340 g/mol. The lowest BCUT2D eigenvalue weighted by atomic mass is 10.2. The van der Waals surface area contributed by atoms with Crippen LogP contribution in [0.5, 0.6) is 0 Å². The number of nitrogens with one attached hydrogen (secondary N) is 1. The first-order valence-electron chi connectivity index (χ1n) is 5.42. The molecule has 0 bridgehead atoms. The van der Waals surface area contributed by atoms with Crippen LogP contribution < -0.4 is 0 Å². The number of para-hydroxylation sites is 1. The van der Waals surface area contributed by atoms with Crippen LogP contribution in [0, 0.1) is 16.4 Å². The summed E-state index contributed by atoms with van der Waals surface area (Å²) in [6, 6.07) is 9.10. The number of hydrogen-bond acceptors (Lipinski definition) is 1. The van der Waals surface area contributed by atoms with E-state index >= 15 is 0 Å². The van der Waals surface area contributed by atoms with E-state index < -0.39 is 11.6 Å². The van der Waals surface area contributed by atoms with Gasteiger partial charge in [0.1, 0.15) is 17.2 Å². The molecule has 3 aromatic rings. The van der Waals surface area contributed by atoms with Crippen molar-refractivity contribution in [3.05, 3.63) is 57.3 Å². The molecule has 6 heteroatoms. The van der Waals surface area contributed by atoms with Gasteiger partial charge >= 0.3 is 0 Å². The van der Waals surface area contributed by atoms with Gasteiger partial charge in [0.05, 0.1) is 11.2 Å². The second-order valence-electron chi connectivity index (χ2n) is 4.00. The van der Waals surface area contributed by atoms with Crippen molar-refractivity contribution >= 4 is 39.2 Å². The van der Waals surface area contributed by atoms with Crippen molar-refractivity contribution in [1.82, 2.24) is 9.55 Å². The molecule has 0 fully saturated rings. The third-order valence-corrected chi connectivity index (χ3v) is 3.59. The molecule has 1 N–H and O–H groups in total. The van der Waals surface area contributed by atoms with E-state index in [2.05, 4.69) is 20.9 Å². The standard InChI is InChI=1S/C13H7BrF2N2S/c14-7-4-5-8(15)11(6-7)18-10-3-1-2-9(16)12(10)17-13(18)19/h1-6H,(H,17,19). The van der Waals surface area contributed by atoms with E-state index in [0.29, 0.717) is 5.52 Å². The molecule has 0 aliphatic rings. The van der Waals surface area contributed by atoms with Crippen LogP contribution in [0.2, 0.25) is 0 Å². The van der Waals surface area contributed by atoms with Crippen LogP contribution in [0.4, 0.5) is 8.78 Å². The molecule has 0 aliphatic carbocycles. The number of rotatable bonds is 1. The number of benzene rings is 2. The summed E-state index contributed by atoms with van der Waals surface area (Å²) in [7, 11) is 0. The van der Waals surface area contributed by atoms with Crippen LogP contribution in [0.3, 0.4) is 0 Å². The maximum Gasteiger partial charge on any atom is 0.182 e. The average Bonchev–Trinajstić information content (AvgIpc) is 2.70. The summed E-state index contributed by atoms with van der Waals surface area (Å²) in [5.41, 5.74) is 1.05. The first kappa shape index (κ1) is 12.5. The normalized spacial score (nSPS) is 11.1. The molecule has 0 radical (unpaired) electrons. The van der Waals surface area contributed by atoms with E-state index in [0.717, 1.165) is 4.47 Å². The molecule has 1 heterocycles. The Hall–Kier alpha value is -1.53. The number of imidazole rings is 1. The number of aromatic nitrogens is 2. The zero-order valence-corrected chi connectivity index (χ0v) is 11.9. The van der Waals surface area contributed by atoms with E-state index in [4.69, 9.17) is 12.2 Å². The summed E-state index contributed by atoms with van der Waals surface area (Å²) in [6.07, 6.45) is 0. The van der Waals surface area contributed by atoms with Gasteiger partial charge in [0, 0.05) is 4.47 Å². The Morgan fingerprint density at radius 1 is 1.11 bits per heavy atom. The first-order chi connectivity index (χ1) is 9.08. The topological polar surface area (TPSA) is 20.7 Å². The van der Waals surface area contributed by atoms with Crippen molar-refractivity contribution < 1.29 is 8.78 Å². The number of aromatic amines is 1. The molecule has 0 atom stereocenters. The average molecular weight is 341 g/mol. The second-order valence-corrected chi connectivity index (χ2v) is 5.30. The van der Waals surface area contributed by atoms with Crippen LogP contribution in [-0.2, 0) is 0 Å². The largest absolute Gasteiger partial charge is 0.328 e. The van der Waals surface area contributed by atoms with Gasteiger partial charge < -0.3 is 4.98 Å².